The van der Waals surface area contributed by atoms with Gasteiger partial charge < -0.3 is 19.5 Å². The lowest BCUT2D eigenvalue weighted by Gasteiger charge is -2.33. The molecular formula is C20H28NO6P. The molecule has 0 spiro atoms. The van der Waals surface area contributed by atoms with Crippen LogP contribution < -0.4 is 10.0 Å². The largest absolute Gasteiger partial charge is 0.481 e. The van der Waals surface area contributed by atoms with E-state index >= 15 is 0 Å². The number of nitrogens with zero attached hydrogens (tertiary/aromatic N) is 1. The molecule has 1 aromatic rings. The van der Waals surface area contributed by atoms with Crippen LogP contribution in [0.25, 0.3) is 0 Å². The molecule has 1 aliphatic heterocycles. The van der Waals surface area contributed by atoms with Crippen LogP contribution in [0.4, 0.5) is 0 Å². The van der Waals surface area contributed by atoms with E-state index in [9.17, 15) is 14.3 Å². The van der Waals surface area contributed by atoms with Crippen molar-refractivity contribution in [3.05, 3.63) is 36.4 Å². The van der Waals surface area contributed by atoms with Gasteiger partial charge in [0.15, 0.2) is 6.61 Å². The van der Waals surface area contributed by atoms with E-state index in [-0.39, 0.29) is 17.2 Å². The van der Waals surface area contributed by atoms with E-state index in [0.717, 1.165) is 32.1 Å². The summed E-state index contributed by atoms with van der Waals surface area (Å²) in [6.07, 6.45) is 8.89. The maximum absolute atomic E-state index is 13.6. The Labute approximate surface area is 165 Å². The molecular weight excluding hydrogens is 381 g/mol. The Balaban J connectivity index is 1.84. The van der Waals surface area contributed by atoms with Gasteiger partial charge in [0, 0.05) is 19.7 Å². The predicted octanol–water partition coefficient (Wildman–Crippen LogP) is 2.80. The van der Waals surface area contributed by atoms with Gasteiger partial charge in [-0.25, -0.2) is 9.46 Å². The molecule has 3 rings (SSSR count). The average Bonchev–Trinajstić information content (AvgIpc) is 3.20. The van der Waals surface area contributed by atoms with Gasteiger partial charge in [-0.3, -0.25) is 4.57 Å². The summed E-state index contributed by atoms with van der Waals surface area (Å²) < 4.78 is 26.3. The predicted molar refractivity (Wildman–Crippen MR) is 106 cm³/mol. The fourth-order valence-corrected chi connectivity index (χ4v) is 5.62. The number of rotatable bonds is 9. The number of carboxylic acid groups (broad SMARTS) is 1. The lowest BCUT2D eigenvalue weighted by Crippen LogP contribution is -2.37. The zero-order chi connectivity index (χ0) is 20.0. The van der Waals surface area contributed by atoms with E-state index in [2.05, 4.69) is 12.2 Å². The monoisotopic (exact) mass is 409 g/mol. The van der Waals surface area contributed by atoms with Crippen molar-refractivity contribution in [1.29, 1.82) is 0 Å². The topological polar surface area (TPSA) is 96.3 Å². The first-order chi connectivity index (χ1) is 13.5. The van der Waals surface area contributed by atoms with Gasteiger partial charge in [0.25, 0.3) is 0 Å². The average molecular weight is 409 g/mol. The number of carboxylic acids is 1. The standard InChI is InChI=1S/C20H28NO6P/c22-20(23)15-27-18-10-4-5-11-19(18)28(24,25)21(14-17-9-6-12-26-17)13-16-7-2-1-3-8-16/h1-2,4-5,10-11,16-17H,3,6-9,12-15H2,(H,22,23)(H,24,25)/t16-,17+/m0/s1. The highest BCUT2D eigenvalue weighted by Crippen LogP contribution is 2.48. The molecule has 0 bridgehead atoms. The smallest absolute Gasteiger partial charge is 0.341 e. The lowest BCUT2D eigenvalue weighted by molar-refractivity contribution is -0.139. The minimum absolute atomic E-state index is 0.0632. The van der Waals surface area contributed by atoms with Crippen molar-refractivity contribution < 1.29 is 28.8 Å². The van der Waals surface area contributed by atoms with E-state index in [1.54, 1.807) is 22.9 Å². The molecule has 7 nitrogen and oxygen atoms in total. The van der Waals surface area contributed by atoms with Gasteiger partial charge in [0.1, 0.15) is 5.75 Å². The van der Waals surface area contributed by atoms with Crippen LogP contribution in [-0.4, -0.2) is 53.0 Å². The number of allylic oxidation sites excluding steroid dienone is 2. The molecule has 0 amide bonds. The third kappa shape index (κ3) is 5.45. The van der Waals surface area contributed by atoms with E-state index in [1.165, 1.54) is 6.07 Å². The van der Waals surface area contributed by atoms with E-state index in [1.807, 2.05) is 0 Å². The molecule has 2 aliphatic rings. The number of hydrogen-bond acceptors (Lipinski definition) is 4. The van der Waals surface area contributed by atoms with Gasteiger partial charge >= 0.3 is 13.5 Å². The molecule has 0 radical (unpaired) electrons. The second kappa shape index (κ2) is 9.70. The van der Waals surface area contributed by atoms with E-state index in [0.29, 0.717) is 25.6 Å². The van der Waals surface area contributed by atoms with Crippen molar-refractivity contribution in [3.63, 3.8) is 0 Å². The number of aliphatic carboxylic acids is 1. The summed E-state index contributed by atoms with van der Waals surface area (Å²) in [5, 5.41) is 9.03. The molecule has 1 aliphatic carbocycles. The quantitative estimate of drug-likeness (QED) is 0.478. The van der Waals surface area contributed by atoms with Crippen molar-refractivity contribution in [2.75, 3.05) is 26.3 Å². The molecule has 1 aromatic carbocycles. The van der Waals surface area contributed by atoms with Crippen molar-refractivity contribution in [3.8, 4) is 5.75 Å². The number of para-hydroxylation sites is 1. The Bertz CT molecular complexity index is 746. The molecule has 1 fully saturated rings. The van der Waals surface area contributed by atoms with E-state index < -0.39 is 20.1 Å². The number of carbonyl (C=O) groups is 1. The Morgan fingerprint density at radius 1 is 1.25 bits per heavy atom. The maximum Gasteiger partial charge on any atom is 0.341 e. The Morgan fingerprint density at radius 3 is 2.75 bits per heavy atom. The van der Waals surface area contributed by atoms with Crippen molar-refractivity contribution in [1.82, 2.24) is 4.67 Å². The lowest BCUT2D eigenvalue weighted by atomic mass is 9.94. The Hall–Kier alpha value is -1.66. The van der Waals surface area contributed by atoms with Crippen LogP contribution in [0.1, 0.15) is 32.1 Å². The minimum atomic E-state index is -3.96. The number of benzene rings is 1. The first-order valence-corrected chi connectivity index (χ1v) is 11.4. The van der Waals surface area contributed by atoms with Gasteiger partial charge in [-0.2, -0.15) is 0 Å². The summed E-state index contributed by atoms with van der Waals surface area (Å²) in [7, 11) is -3.96. The molecule has 3 atom stereocenters. The van der Waals surface area contributed by atoms with Crippen LogP contribution in [0, 0.1) is 5.92 Å². The molecule has 1 heterocycles. The molecule has 2 N–H and O–H groups in total. The summed E-state index contributed by atoms with van der Waals surface area (Å²) >= 11 is 0. The van der Waals surface area contributed by atoms with Crippen LogP contribution in [-0.2, 0) is 14.1 Å². The number of hydrogen-bond donors (Lipinski definition) is 2. The second-order valence-corrected chi connectivity index (χ2v) is 9.49. The highest BCUT2D eigenvalue weighted by Gasteiger charge is 2.37. The second-order valence-electron chi connectivity index (χ2n) is 7.35. The number of ether oxygens (including phenoxy) is 2. The first-order valence-electron chi connectivity index (χ1n) is 9.76. The molecule has 0 aromatic heterocycles. The molecule has 1 saturated heterocycles. The van der Waals surface area contributed by atoms with Crippen molar-refractivity contribution in [2.45, 2.75) is 38.2 Å². The fraction of sp³-hybridized carbons (Fsp3) is 0.550. The van der Waals surface area contributed by atoms with Crippen LogP contribution in [0.5, 0.6) is 5.75 Å². The van der Waals surface area contributed by atoms with Gasteiger partial charge in [-0.05, 0) is 50.2 Å². The highest BCUT2D eigenvalue weighted by molar-refractivity contribution is 7.64. The summed E-state index contributed by atoms with van der Waals surface area (Å²) in [4.78, 5) is 22.0. The summed E-state index contributed by atoms with van der Waals surface area (Å²) in [5.74, 6) is -0.691. The van der Waals surface area contributed by atoms with E-state index in [4.69, 9.17) is 14.6 Å². The molecule has 28 heavy (non-hydrogen) atoms. The highest BCUT2D eigenvalue weighted by atomic mass is 31.2. The molecule has 0 saturated carbocycles. The summed E-state index contributed by atoms with van der Waals surface area (Å²) in [6, 6.07) is 6.41. The zero-order valence-electron chi connectivity index (χ0n) is 15.9. The SMILES string of the molecule is O=C(O)COc1ccccc1P(=O)(O)N(C[C@H]1CC=CCC1)C[C@H]1CCCO1. The summed E-state index contributed by atoms with van der Waals surface area (Å²) in [6.45, 7) is 0.987. The van der Waals surface area contributed by atoms with Gasteiger partial charge in [-0.1, -0.05) is 24.3 Å². The van der Waals surface area contributed by atoms with Crippen LogP contribution in [0.2, 0.25) is 0 Å². The van der Waals surface area contributed by atoms with Crippen molar-refractivity contribution in [2.24, 2.45) is 5.92 Å². The van der Waals surface area contributed by atoms with Crippen LogP contribution in [0.3, 0.4) is 0 Å². The first kappa shape index (κ1) is 21.1. The van der Waals surface area contributed by atoms with Gasteiger partial charge in [0.2, 0.25) is 0 Å². The fourth-order valence-electron chi connectivity index (χ4n) is 3.75. The Morgan fingerprint density at radius 2 is 2.07 bits per heavy atom. The molecule has 8 heteroatoms. The molecule has 1 unspecified atom stereocenters. The normalized spacial score (nSPS) is 24.2. The molecule has 154 valence electrons. The van der Waals surface area contributed by atoms with Crippen LogP contribution in [0.15, 0.2) is 36.4 Å². The third-order valence-electron chi connectivity index (χ3n) is 5.20. The Kier molecular flexibility index (Phi) is 7.30. The van der Waals surface area contributed by atoms with Gasteiger partial charge in [0.05, 0.1) is 11.4 Å². The third-order valence-corrected chi connectivity index (χ3v) is 7.29. The zero-order valence-corrected chi connectivity index (χ0v) is 16.8. The van der Waals surface area contributed by atoms with Crippen molar-refractivity contribution >= 4 is 18.8 Å². The van der Waals surface area contributed by atoms with Gasteiger partial charge in [-0.15, -0.1) is 0 Å². The van der Waals surface area contributed by atoms with Crippen LogP contribution >= 0.6 is 7.52 Å². The summed E-state index contributed by atoms with van der Waals surface area (Å²) in [5.41, 5.74) is 0. The maximum atomic E-state index is 13.6. The minimum Gasteiger partial charge on any atom is -0.481 e.